The third-order valence-electron chi connectivity index (χ3n) is 2.42. The van der Waals surface area contributed by atoms with Crippen molar-refractivity contribution in [2.75, 3.05) is 13.6 Å². The molecule has 0 aromatic carbocycles. The lowest BCUT2D eigenvalue weighted by Crippen LogP contribution is -2.26. The van der Waals surface area contributed by atoms with E-state index in [9.17, 15) is 4.79 Å². The number of halogens is 1. The molecule has 0 aliphatic carbocycles. The normalized spacial score (nSPS) is 12.8. The van der Waals surface area contributed by atoms with Crippen LogP contribution in [0.2, 0.25) is 5.02 Å². The van der Waals surface area contributed by atoms with Gasteiger partial charge in [-0.25, -0.2) is 0 Å². The number of hydrogen-bond acceptors (Lipinski definition) is 3. The zero-order valence-corrected chi connectivity index (χ0v) is 10.7. The van der Waals surface area contributed by atoms with Gasteiger partial charge >= 0.3 is 0 Å². The van der Waals surface area contributed by atoms with E-state index in [1.807, 2.05) is 20.9 Å². The predicted molar refractivity (Wildman–Crippen MR) is 64.9 cm³/mol. The second-order valence-corrected chi connectivity index (χ2v) is 4.29. The number of nitrogens with one attached hydrogen (secondary N) is 1. The number of nitrogens with zero attached hydrogens (tertiary/aromatic N) is 2. The van der Waals surface area contributed by atoms with Crippen molar-refractivity contribution in [3.63, 3.8) is 0 Å². The SMILES string of the molecule is CCCn1ncc(Cl)c1C(=O)C(C)CNC. The van der Waals surface area contributed by atoms with E-state index in [-0.39, 0.29) is 11.7 Å². The number of Topliss-reactive ketones (excluding diaryl/α,β-unsaturated/α-hetero) is 1. The second-order valence-electron chi connectivity index (χ2n) is 3.89. The van der Waals surface area contributed by atoms with Crippen LogP contribution in [-0.2, 0) is 6.54 Å². The Morgan fingerprint density at radius 2 is 2.38 bits per heavy atom. The molecule has 0 amide bonds. The lowest BCUT2D eigenvalue weighted by Gasteiger charge is -2.11. The Labute approximate surface area is 101 Å². The van der Waals surface area contributed by atoms with Crippen LogP contribution in [0.1, 0.15) is 30.8 Å². The summed E-state index contributed by atoms with van der Waals surface area (Å²) in [4.78, 5) is 12.1. The van der Waals surface area contributed by atoms with Crippen molar-refractivity contribution in [2.45, 2.75) is 26.8 Å². The summed E-state index contributed by atoms with van der Waals surface area (Å²) in [6, 6.07) is 0. The molecule has 0 spiro atoms. The van der Waals surface area contributed by atoms with Gasteiger partial charge < -0.3 is 5.32 Å². The summed E-state index contributed by atoms with van der Waals surface area (Å²) in [6.45, 7) is 5.30. The molecule has 0 aliphatic heterocycles. The molecular formula is C11H18ClN3O. The fourth-order valence-corrected chi connectivity index (χ4v) is 1.86. The van der Waals surface area contributed by atoms with Crippen molar-refractivity contribution in [2.24, 2.45) is 5.92 Å². The maximum Gasteiger partial charge on any atom is 0.186 e. The Hall–Kier alpha value is -0.870. The second kappa shape index (κ2) is 6.01. The number of carbonyl (C=O) groups excluding carboxylic acids is 1. The van der Waals surface area contributed by atoms with Gasteiger partial charge in [0.2, 0.25) is 0 Å². The van der Waals surface area contributed by atoms with Crippen molar-refractivity contribution in [1.29, 1.82) is 0 Å². The maximum absolute atomic E-state index is 12.1. The number of ketones is 1. The summed E-state index contributed by atoms with van der Waals surface area (Å²) in [7, 11) is 1.83. The van der Waals surface area contributed by atoms with E-state index in [4.69, 9.17) is 11.6 Å². The van der Waals surface area contributed by atoms with Crippen LogP contribution < -0.4 is 5.32 Å². The van der Waals surface area contributed by atoms with Crippen LogP contribution in [0.4, 0.5) is 0 Å². The van der Waals surface area contributed by atoms with Gasteiger partial charge in [0.1, 0.15) is 5.69 Å². The minimum absolute atomic E-state index is 0.0466. The van der Waals surface area contributed by atoms with Crippen molar-refractivity contribution in [1.82, 2.24) is 15.1 Å². The van der Waals surface area contributed by atoms with Gasteiger partial charge in [0.15, 0.2) is 5.78 Å². The molecule has 1 heterocycles. The van der Waals surface area contributed by atoms with Gasteiger partial charge in [-0.05, 0) is 13.5 Å². The lowest BCUT2D eigenvalue weighted by atomic mass is 10.0. The van der Waals surface area contributed by atoms with Crippen LogP contribution in [0, 0.1) is 5.92 Å². The fraction of sp³-hybridized carbons (Fsp3) is 0.636. The summed E-state index contributed by atoms with van der Waals surface area (Å²) in [5, 5.41) is 7.55. The Morgan fingerprint density at radius 3 is 2.94 bits per heavy atom. The first-order valence-corrected chi connectivity index (χ1v) is 5.89. The molecule has 1 N–H and O–H groups in total. The quantitative estimate of drug-likeness (QED) is 0.778. The average molecular weight is 244 g/mol. The van der Waals surface area contributed by atoms with E-state index >= 15 is 0 Å². The van der Waals surface area contributed by atoms with Gasteiger partial charge in [0.05, 0.1) is 11.2 Å². The van der Waals surface area contributed by atoms with Crippen LogP contribution in [-0.4, -0.2) is 29.2 Å². The van der Waals surface area contributed by atoms with Crippen molar-refractivity contribution in [3.8, 4) is 0 Å². The van der Waals surface area contributed by atoms with E-state index in [0.717, 1.165) is 13.0 Å². The Balaban J connectivity index is 2.92. The molecule has 1 atom stereocenters. The molecule has 0 saturated carbocycles. The Morgan fingerprint density at radius 1 is 1.69 bits per heavy atom. The summed E-state index contributed by atoms with van der Waals surface area (Å²) in [5.41, 5.74) is 0.534. The molecule has 1 aromatic rings. The monoisotopic (exact) mass is 243 g/mol. The lowest BCUT2D eigenvalue weighted by molar-refractivity contribution is 0.0919. The standard InChI is InChI=1S/C11H18ClN3O/c1-4-5-15-10(9(12)7-14-15)11(16)8(2)6-13-3/h7-8,13H,4-6H2,1-3H3. The maximum atomic E-state index is 12.1. The molecular weight excluding hydrogens is 226 g/mol. The molecule has 0 bridgehead atoms. The van der Waals surface area contributed by atoms with E-state index in [1.165, 1.54) is 6.20 Å². The molecule has 1 aromatic heterocycles. The first-order valence-electron chi connectivity index (χ1n) is 5.51. The largest absolute Gasteiger partial charge is 0.319 e. The fourth-order valence-electron chi connectivity index (χ4n) is 1.62. The molecule has 5 heteroatoms. The highest BCUT2D eigenvalue weighted by Crippen LogP contribution is 2.19. The number of rotatable bonds is 6. The highest BCUT2D eigenvalue weighted by atomic mass is 35.5. The van der Waals surface area contributed by atoms with Gasteiger partial charge in [-0.3, -0.25) is 9.48 Å². The molecule has 0 radical (unpaired) electrons. The summed E-state index contributed by atoms with van der Waals surface area (Å²) >= 11 is 6.00. The molecule has 1 unspecified atom stereocenters. The molecule has 0 aliphatic rings. The van der Waals surface area contributed by atoms with E-state index in [2.05, 4.69) is 10.4 Å². The zero-order valence-electron chi connectivity index (χ0n) is 9.96. The zero-order chi connectivity index (χ0) is 12.1. The number of aromatic nitrogens is 2. The minimum atomic E-state index is -0.0881. The van der Waals surface area contributed by atoms with Gasteiger partial charge in [0, 0.05) is 19.0 Å². The van der Waals surface area contributed by atoms with Crippen molar-refractivity contribution >= 4 is 17.4 Å². The molecule has 0 saturated heterocycles. The number of hydrogen-bond donors (Lipinski definition) is 1. The number of aryl methyl sites for hydroxylation is 1. The summed E-state index contributed by atoms with van der Waals surface area (Å²) < 4.78 is 1.69. The third-order valence-corrected chi connectivity index (χ3v) is 2.70. The summed E-state index contributed by atoms with van der Waals surface area (Å²) in [5.74, 6) is -0.0416. The number of carbonyl (C=O) groups is 1. The highest BCUT2D eigenvalue weighted by molar-refractivity contribution is 6.33. The van der Waals surface area contributed by atoms with Gasteiger partial charge in [-0.1, -0.05) is 25.4 Å². The third kappa shape index (κ3) is 2.83. The Kier molecular flexibility index (Phi) is 4.96. The van der Waals surface area contributed by atoms with Gasteiger partial charge in [-0.15, -0.1) is 0 Å². The predicted octanol–water partition coefficient (Wildman–Crippen LogP) is 1.98. The van der Waals surface area contributed by atoms with E-state index < -0.39 is 0 Å². The van der Waals surface area contributed by atoms with E-state index in [0.29, 0.717) is 17.3 Å². The van der Waals surface area contributed by atoms with E-state index in [1.54, 1.807) is 4.68 Å². The first kappa shape index (κ1) is 13.2. The average Bonchev–Trinajstić information content (AvgIpc) is 2.60. The molecule has 0 fully saturated rings. The topological polar surface area (TPSA) is 46.9 Å². The van der Waals surface area contributed by atoms with Crippen LogP contribution in [0.15, 0.2) is 6.20 Å². The highest BCUT2D eigenvalue weighted by Gasteiger charge is 2.21. The molecule has 4 nitrogen and oxygen atoms in total. The molecule has 1 rings (SSSR count). The van der Waals surface area contributed by atoms with Crippen LogP contribution in [0.5, 0.6) is 0 Å². The van der Waals surface area contributed by atoms with Crippen molar-refractivity contribution < 1.29 is 4.79 Å². The van der Waals surface area contributed by atoms with Crippen LogP contribution in [0.25, 0.3) is 0 Å². The molecule has 90 valence electrons. The Bertz CT molecular complexity index is 362. The smallest absolute Gasteiger partial charge is 0.186 e. The minimum Gasteiger partial charge on any atom is -0.319 e. The first-order chi connectivity index (χ1) is 7.61. The van der Waals surface area contributed by atoms with Crippen LogP contribution >= 0.6 is 11.6 Å². The van der Waals surface area contributed by atoms with Gasteiger partial charge in [-0.2, -0.15) is 5.10 Å². The van der Waals surface area contributed by atoms with Crippen LogP contribution in [0.3, 0.4) is 0 Å². The molecule has 16 heavy (non-hydrogen) atoms. The summed E-state index contributed by atoms with van der Waals surface area (Å²) in [6.07, 6.45) is 2.47. The van der Waals surface area contributed by atoms with Crippen molar-refractivity contribution in [3.05, 3.63) is 16.9 Å². The van der Waals surface area contributed by atoms with Gasteiger partial charge in [0.25, 0.3) is 0 Å².